The van der Waals surface area contributed by atoms with E-state index in [0.717, 1.165) is 18.5 Å². The maximum absolute atomic E-state index is 13.1. The van der Waals surface area contributed by atoms with E-state index >= 15 is 0 Å². The summed E-state index contributed by atoms with van der Waals surface area (Å²) in [6, 6.07) is 0. The van der Waals surface area contributed by atoms with E-state index < -0.39 is 46.0 Å². The first-order valence-electron chi connectivity index (χ1n) is 25.7. The Kier molecular flexibility index (Phi) is 9.83. The Labute approximate surface area is 439 Å². The molecule has 12 N–H and O–H groups in total. The summed E-state index contributed by atoms with van der Waals surface area (Å²) in [5, 5.41) is 148. The van der Waals surface area contributed by atoms with Gasteiger partial charge in [0, 0.05) is 60.9 Å². The number of nitrogens with zero attached hydrogens (tertiary/aromatic N) is 3. The maximum Gasteiger partial charge on any atom is 0.201 e. The molecule has 13 rings (SSSR count). The van der Waals surface area contributed by atoms with Gasteiger partial charge in [0.05, 0.1) is 43.9 Å². The van der Waals surface area contributed by atoms with Gasteiger partial charge in [0.2, 0.25) is 13.0 Å². The topological polar surface area (TPSA) is 258 Å². The average molecular weight is 1030 g/mol. The molecule has 3 aliphatic carbocycles. The average Bonchev–Trinajstić information content (AvgIpc) is 3.84. The molecule has 4 aliphatic rings. The van der Waals surface area contributed by atoms with E-state index in [2.05, 4.69) is 18.2 Å². The van der Waals surface area contributed by atoms with Crippen LogP contribution in [-0.2, 0) is 0 Å². The van der Waals surface area contributed by atoms with Gasteiger partial charge in [0.1, 0.15) is 39.8 Å². The fraction of sp³-hybridized carbons (Fsp3) is 0.213. The Balaban J connectivity index is 1.19. The maximum atomic E-state index is 13.1. The van der Waals surface area contributed by atoms with Crippen molar-refractivity contribution in [1.29, 1.82) is 0 Å². The van der Waals surface area contributed by atoms with Crippen molar-refractivity contribution in [2.45, 2.75) is 87.0 Å². The predicted molar refractivity (Wildman–Crippen MR) is 302 cm³/mol. The van der Waals surface area contributed by atoms with Crippen molar-refractivity contribution in [1.82, 2.24) is 13.7 Å². The molecule has 0 radical (unpaired) electrons. The Morgan fingerprint density at radius 3 is 1.64 bits per heavy atom. The molecule has 77 heavy (non-hydrogen) atoms. The van der Waals surface area contributed by atoms with Gasteiger partial charge in [0.25, 0.3) is 0 Å². The molecule has 0 saturated carbocycles. The number of phenols is 12. The van der Waals surface area contributed by atoms with Gasteiger partial charge in [-0.3, -0.25) is 0 Å². The first kappa shape index (κ1) is 47.5. The summed E-state index contributed by atoms with van der Waals surface area (Å²) in [5.41, 5.74) is 6.88. The Morgan fingerprint density at radius 2 is 0.987 bits per heavy atom. The molecule has 6 aromatic carbocycles. The van der Waals surface area contributed by atoms with Crippen LogP contribution in [0.5, 0.6) is 69.0 Å². The lowest BCUT2D eigenvalue weighted by Crippen LogP contribution is -2.32. The molecule has 0 unspecified atom stereocenters. The van der Waals surface area contributed by atoms with Crippen LogP contribution in [0.3, 0.4) is 0 Å². The summed E-state index contributed by atoms with van der Waals surface area (Å²) in [5.74, 6) is -5.96. The molecule has 16 heteroatoms. The van der Waals surface area contributed by atoms with Crippen LogP contribution < -0.4 is 10.9 Å². The highest BCUT2D eigenvalue weighted by molar-refractivity contribution is 6.75. The monoisotopic (exact) mass is 1030 g/mol. The molecule has 0 amide bonds. The van der Waals surface area contributed by atoms with Crippen LogP contribution in [0, 0.1) is 48.5 Å². The van der Waals surface area contributed by atoms with Crippen LogP contribution in [0.2, 0.25) is 0 Å². The summed E-state index contributed by atoms with van der Waals surface area (Å²) in [7, 11) is -0.239. The van der Waals surface area contributed by atoms with Crippen LogP contribution in [0.1, 0.15) is 77.5 Å². The summed E-state index contributed by atoms with van der Waals surface area (Å²) in [6.45, 7) is 11.4. The van der Waals surface area contributed by atoms with Crippen molar-refractivity contribution >= 4 is 95.0 Å². The second kappa shape index (κ2) is 15.9. The third-order valence-corrected chi connectivity index (χ3v) is 17.4. The number of allylic oxidation sites excluding steroid dienone is 12. The largest absolute Gasteiger partial charge is 0.507 e. The number of aryl methyl sites for hydroxylation is 2. The molecule has 388 valence electrons. The van der Waals surface area contributed by atoms with Crippen LogP contribution >= 0.6 is 0 Å². The number of aromatic hydroxyl groups is 12. The van der Waals surface area contributed by atoms with Gasteiger partial charge in [-0.25, -0.2) is 0 Å². The zero-order valence-corrected chi connectivity index (χ0v) is 43.3. The van der Waals surface area contributed by atoms with Crippen molar-refractivity contribution in [3.8, 4) is 85.8 Å². The zero-order valence-electron chi connectivity index (χ0n) is 43.3. The Morgan fingerprint density at radius 1 is 0.364 bits per heavy atom. The normalized spacial score (nSPS) is 15.3. The van der Waals surface area contributed by atoms with E-state index in [0.29, 0.717) is 58.9 Å². The fourth-order valence-electron chi connectivity index (χ4n) is 13.5. The van der Waals surface area contributed by atoms with Crippen LogP contribution in [-0.4, -0.2) is 82.3 Å². The van der Waals surface area contributed by atoms with Crippen molar-refractivity contribution in [2.24, 2.45) is 0 Å². The van der Waals surface area contributed by atoms with E-state index in [1.165, 1.54) is 11.1 Å². The quantitative estimate of drug-likeness (QED) is 0.0447. The van der Waals surface area contributed by atoms with E-state index in [1.54, 1.807) is 68.2 Å². The lowest BCUT2D eigenvalue weighted by Gasteiger charge is -2.23. The number of hydrogen-bond donors (Lipinski definition) is 12. The molecule has 0 bridgehead atoms. The number of benzene rings is 6. The second-order valence-corrected chi connectivity index (χ2v) is 21.3. The molecule has 1 aliphatic heterocycles. The fourth-order valence-corrected chi connectivity index (χ4v) is 13.5. The van der Waals surface area contributed by atoms with Gasteiger partial charge in [-0.05, 0) is 132 Å². The highest BCUT2D eigenvalue weighted by atomic mass is 16.3. The number of hydrogen-bond acceptors (Lipinski definition) is 12. The first-order chi connectivity index (χ1) is 36.7. The van der Waals surface area contributed by atoms with E-state index in [-0.39, 0.29) is 135 Å². The van der Waals surface area contributed by atoms with Crippen molar-refractivity contribution in [2.75, 3.05) is 0 Å². The first-order valence-corrected chi connectivity index (χ1v) is 25.7. The van der Waals surface area contributed by atoms with Crippen molar-refractivity contribution in [3.05, 3.63) is 98.7 Å². The lowest BCUT2D eigenvalue weighted by molar-refractivity contribution is 0.373. The summed E-state index contributed by atoms with van der Waals surface area (Å²) >= 11 is 0. The van der Waals surface area contributed by atoms with Gasteiger partial charge in [-0.2, -0.15) is 0 Å². The number of phenolic OH excluding ortho intramolecular Hbond substituents is 12. The number of rotatable bonds is 4. The van der Waals surface area contributed by atoms with E-state index in [4.69, 9.17) is 0 Å². The third kappa shape index (κ3) is 5.76. The summed E-state index contributed by atoms with van der Waals surface area (Å²) in [4.78, 5) is 0. The van der Waals surface area contributed by atoms with Crippen LogP contribution in [0.15, 0.2) is 59.8 Å². The number of aromatic nitrogens is 3. The minimum absolute atomic E-state index is 0.0331. The summed E-state index contributed by atoms with van der Waals surface area (Å²) < 4.78 is 4.93. The molecule has 9 aromatic rings. The zero-order chi connectivity index (χ0) is 54.4. The van der Waals surface area contributed by atoms with Crippen LogP contribution in [0.25, 0.3) is 93.6 Å². The molecule has 0 fully saturated rings. The van der Waals surface area contributed by atoms with Gasteiger partial charge in [-0.1, -0.05) is 41.9 Å². The molecule has 0 atom stereocenters. The van der Waals surface area contributed by atoms with E-state index in [1.807, 2.05) is 24.3 Å². The molecule has 0 saturated heterocycles. The molecule has 15 nitrogen and oxygen atoms in total. The van der Waals surface area contributed by atoms with Gasteiger partial charge >= 0.3 is 0 Å². The molecule has 4 heterocycles. The standard InChI is InChI=1S/C61H54BN3O12/c1-22-33(35-24(3)53(69)49-40(56(35)72)39-44(26(5)50(66)28(7)51(39)67)63(49)32-20-18-30(19-21-32)29-14-10-8-11-15-29)23(2)52(68)46-34(22)38-45-42(58(74)61(77)57(38)73)62-41-25(4)54(70)59(75)47-36(41)37-43(65(45)46)27(6)55(71)60(76)48(37)64(47)31-16-12-9-13-17-31/h8,10,12,14,16-18,20,62,66-77H,9,11,13,15,19,21H2,1-7H3. The smallest absolute Gasteiger partial charge is 0.201 e. The van der Waals surface area contributed by atoms with Gasteiger partial charge < -0.3 is 75.0 Å². The minimum Gasteiger partial charge on any atom is -0.507 e. The highest BCUT2D eigenvalue weighted by Gasteiger charge is 2.39. The third-order valence-electron chi connectivity index (χ3n) is 17.4. The predicted octanol–water partition coefficient (Wildman–Crippen LogP) is 11.0. The minimum atomic E-state index is -0.891. The van der Waals surface area contributed by atoms with Crippen molar-refractivity contribution in [3.63, 3.8) is 0 Å². The van der Waals surface area contributed by atoms with Gasteiger partial charge in [0.15, 0.2) is 34.5 Å². The van der Waals surface area contributed by atoms with Gasteiger partial charge in [-0.15, -0.1) is 0 Å². The number of fused-ring (bicyclic) bond motifs is 7. The van der Waals surface area contributed by atoms with Crippen molar-refractivity contribution < 1.29 is 61.3 Å². The van der Waals surface area contributed by atoms with Crippen LogP contribution in [0.4, 0.5) is 0 Å². The molecule has 0 spiro atoms. The SMILES string of the molecule is Cc1c(O)c(C)c2c(c1O)c1c(O)c(-c3c(C)c(O)c4c(c3C)c3c(O)c(O)c(O)c5c3n4-c3c(C)c(O)c(O)c4c3c3c(c(C)c(O)c(O)c3n4C3=CCCC=C3)B5)c(C)c(O)c1n2C1=CC=C(C2=CC=CCC2)CC1. The Bertz CT molecular complexity index is 4570. The van der Waals surface area contributed by atoms with E-state index in [9.17, 15) is 61.3 Å². The highest BCUT2D eigenvalue weighted by Crippen LogP contribution is 2.60. The summed E-state index contributed by atoms with van der Waals surface area (Å²) in [6.07, 6.45) is 20.3. The second-order valence-electron chi connectivity index (χ2n) is 21.3. The molecular weight excluding hydrogens is 977 g/mol. The lowest BCUT2D eigenvalue weighted by atomic mass is 9.59. The molecule has 3 aromatic heterocycles. The Hall–Kier alpha value is -9.18. The molecular formula is C61H54BN3O12.